The predicted molar refractivity (Wildman–Crippen MR) is 131 cm³/mol. The van der Waals surface area contributed by atoms with Crippen molar-refractivity contribution >= 4 is 17.5 Å². The minimum atomic E-state index is -3.05. The highest BCUT2D eigenvalue weighted by molar-refractivity contribution is 6.04. The Labute approximate surface area is 207 Å². The lowest BCUT2D eigenvalue weighted by atomic mass is 10.0. The summed E-state index contributed by atoms with van der Waals surface area (Å²) in [7, 11) is 0. The van der Waals surface area contributed by atoms with E-state index in [-0.39, 0.29) is 22.6 Å². The Morgan fingerprint density at radius 1 is 1.03 bits per heavy atom. The maximum atomic E-state index is 14.0. The first kappa shape index (κ1) is 26.4. The van der Waals surface area contributed by atoms with Gasteiger partial charge in [-0.3, -0.25) is 20.3 Å². The zero-order valence-corrected chi connectivity index (χ0v) is 20.3. The number of aryl methyl sites for hydroxylation is 2. The standard InChI is InChI=1S/C26H27F2N5O3/c1-5-26(27,28)20-10-7-11-21(13-20)32-25(35)23(33-36)17(4)31-24(34)19-9-6-8-18(12-19)22-15(2)29-14-30-16(22)3/h6-14,33,36H,5H2,1-4H3,(H,31,34)(H,32,35)/b23-17-. The van der Waals surface area contributed by atoms with Gasteiger partial charge in [-0.15, -0.1) is 0 Å². The second kappa shape index (κ2) is 11.0. The Bertz CT molecular complexity index is 1300. The van der Waals surface area contributed by atoms with Crippen molar-refractivity contribution in [3.63, 3.8) is 0 Å². The van der Waals surface area contributed by atoms with Crippen LogP contribution in [0.25, 0.3) is 11.1 Å². The molecule has 0 bridgehead atoms. The Hall–Kier alpha value is -4.18. The third kappa shape index (κ3) is 5.89. The molecule has 0 saturated heterocycles. The van der Waals surface area contributed by atoms with Gasteiger partial charge in [0.25, 0.3) is 17.7 Å². The average molecular weight is 496 g/mol. The second-order valence-corrected chi connectivity index (χ2v) is 8.16. The van der Waals surface area contributed by atoms with Gasteiger partial charge >= 0.3 is 0 Å². The number of carbonyl (C=O) groups excluding carboxylic acids is 2. The number of nitrogens with zero attached hydrogens (tertiary/aromatic N) is 2. The highest BCUT2D eigenvalue weighted by Crippen LogP contribution is 2.32. The lowest BCUT2D eigenvalue weighted by Gasteiger charge is -2.16. The van der Waals surface area contributed by atoms with Crippen LogP contribution < -0.4 is 16.1 Å². The highest BCUT2D eigenvalue weighted by Gasteiger charge is 2.29. The van der Waals surface area contributed by atoms with Gasteiger partial charge in [0.2, 0.25) is 0 Å². The normalized spacial score (nSPS) is 12.0. The maximum absolute atomic E-state index is 14.0. The fourth-order valence-electron chi connectivity index (χ4n) is 3.66. The van der Waals surface area contributed by atoms with E-state index in [1.54, 1.807) is 23.7 Å². The number of carbonyl (C=O) groups is 2. The summed E-state index contributed by atoms with van der Waals surface area (Å²) in [6.45, 7) is 6.47. The number of nitrogens with one attached hydrogen (secondary N) is 3. The van der Waals surface area contributed by atoms with Gasteiger partial charge in [0, 0.05) is 45.9 Å². The van der Waals surface area contributed by atoms with Crippen LogP contribution in [0.3, 0.4) is 0 Å². The molecule has 0 aliphatic heterocycles. The molecule has 1 aromatic heterocycles. The lowest BCUT2D eigenvalue weighted by molar-refractivity contribution is -0.114. The molecular weight excluding hydrogens is 468 g/mol. The first-order valence-corrected chi connectivity index (χ1v) is 11.2. The molecular formula is C26H27F2N5O3. The van der Waals surface area contributed by atoms with Gasteiger partial charge in [-0.1, -0.05) is 31.2 Å². The van der Waals surface area contributed by atoms with Crippen LogP contribution in [0.4, 0.5) is 14.5 Å². The molecule has 8 nitrogen and oxygen atoms in total. The van der Waals surface area contributed by atoms with E-state index < -0.39 is 24.2 Å². The van der Waals surface area contributed by atoms with Crippen LogP contribution in [0.2, 0.25) is 0 Å². The molecule has 188 valence electrons. The zero-order valence-electron chi connectivity index (χ0n) is 20.3. The predicted octanol–water partition coefficient (Wildman–Crippen LogP) is 4.84. The number of halogens is 2. The Morgan fingerprint density at radius 3 is 2.33 bits per heavy atom. The van der Waals surface area contributed by atoms with E-state index in [0.29, 0.717) is 5.56 Å². The summed E-state index contributed by atoms with van der Waals surface area (Å²) in [6, 6.07) is 12.1. The van der Waals surface area contributed by atoms with Gasteiger partial charge in [0.1, 0.15) is 12.0 Å². The molecule has 10 heteroatoms. The molecule has 0 spiro atoms. The van der Waals surface area contributed by atoms with Gasteiger partial charge in [-0.25, -0.2) is 18.7 Å². The summed E-state index contributed by atoms with van der Waals surface area (Å²) in [4.78, 5) is 34.0. The summed E-state index contributed by atoms with van der Waals surface area (Å²) >= 11 is 0. The fourth-order valence-corrected chi connectivity index (χ4v) is 3.66. The molecule has 4 N–H and O–H groups in total. The van der Waals surface area contributed by atoms with Crippen LogP contribution in [0.15, 0.2) is 66.3 Å². The van der Waals surface area contributed by atoms with Crippen molar-refractivity contribution in [2.24, 2.45) is 0 Å². The van der Waals surface area contributed by atoms with Crippen LogP contribution in [-0.2, 0) is 10.7 Å². The van der Waals surface area contributed by atoms with Crippen molar-refractivity contribution in [3.8, 4) is 11.1 Å². The molecule has 3 rings (SSSR count). The minimum absolute atomic E-state index is 0.0239. The van der Waals surface area contributed by atoms with Crippen LogP contribution in [0.5, 0.6) is 0 Å². The highest BCUT2D eigenvalue weighted by atomic mass is 19.3. The zero-order chi connectivity index (χ0) is 26.5. The Kier molecular flexibility index (Phi) is 8.11. The molecule has 0 fully saturated rings. The van der Waals surface area contributed by atoms with E-state index >= 15 is 0 Å². The number of benzene rings is 2. The number of hydrogen-bond donors (Lipinski definition) is 4. The number of amides is 2. The molecule has 0 unspecified atom stereocenters. The first-order valence-electron chi connectivity index (χ1n) is 11.2. The third-order valence-corrected chi connectivity index (χ3v) is 5.64. The molecule has 0 radical (unpaired) electrons. The van der Waals surface area contributed by atoms with E-state index in [2.05, 4.69) is 20.6 Å². The van der Waals surface area contributed by atoms with Crippen molar-refractivity contribution in [1.29, 1.82) is 0 Å². The summed E-state index contributed by atoms with van der Waals surface area (Å²) in [6.07, 6.45) is 1.08. The second-order valence-electron chi connectivity index (χ2n) is 8.16. The topological polar surface area (TPSA) is 116 Å². The van der Waals surface area contributed by atoms with E-state index in [0.717, 1.165) is 28.6 Å². The number of allylic oxidation sites excluding steroid dienone is 1. The van der Waals surface area contributed by atoms with E-state index in [1.807, 2.05) is 19.9 Å². The van der Waals surface area contributed by atoms with Gasteiger partial charge in [-0.05, 0) is 50.6 Å². The number of hydrogen-bond acceptors (Lipinski definition) is 6. The van der Waals surface area contributed by atoms with Crippen molar-refractivity contribution in [2.75, 3.05) is 5.32 Å². The molecule has 0 aliphatic rings. The number of hydroxylamine groups is 1. The van der Waals surface area contributed by atoms with Gasteiger partial charge in [-0.2, -0.15) is 0 Å². The molecule has 36 heavy (non-hydrogen) atoms. The summed E-state index contributed by atoms with van der Waals surface area (Å²) < 4.78 is 28.0. The van der Waals surface area contributed by atoms with E-state index in [4.69, 9.17) is 0 Å². The van der Waals surface area contributed by atoms with Crippen molar-refractivity contribution in [1.82, 2.24) is 20.8 Å². The molecule has 1 heterocycles. The molecule has 0 atom stereocenters. The van der Waals surface area contributed by atoms with Crippen LogP contribution in [-0.4, -0.2) is 27.0 Å². The number of aromatic nitrogens is 2. The molecule has 0 aliphatic carbocycles. The van der Waals surface area contributed by atoms with Gasteiger partial charge in [0.05, 0.1) is 0 Å². The Balaban J connectivity index is 1.81. The lowest BCUT2D eigenvalue weighted by Crippen LogP contribution is -2.31. The molecule has 2 aromatic carbocycles. The monoisotopic (exact) mass is 495 g/mol. The number of alkyl halides is 2. The fraction of sp³-hybridized carbons (Fsp3) is 0.231. The molecule has 0 saturated carbocycles. The summed E-state index contributed by atoms with van der Waals surface area (Å²) in [5.74, 6) is -4.39. The largest absolute Gasteiger partial charge is 0.324 e. The quantitative estimate of drug-likeness (QED) is 0.263. The summed E-state index contributed by atoms with van der Waals surface area (Å²) in [5, 5.41) is 14.6. The van der Waals surface area contributed by atoms with Crippen LogP contribution in [0.1, 0.15) is 47.6 Å². The van der Waals surface area contributed by atoms with Gasteiger partial charge in [0.15, 0.2) is 0 Å². The average Bonchev–Trinajstić information content (AvgIpc) is 2.84. The van der Waals surface area contributed by atoms with Crippen molar-refractivity contribution < 1.29 is 23.6 Å². The van der Waals surface area contributed by atoms with Crippen molar-refractivity contribution in [2.45, 2.75) is 40.0 Å². The van der Waals surface area contributed by atoms with E-state index in [1.165, 1.54) is 38.4 Å². The third-order valence-electron chi connectivity index (χ3n) is 5.64. The minimum Gasteiger partial charge on any atom is -0.324 e. The number of rotatable bonds is 8. The smallest absolute Gasteiger partial charge is 0.275 e. The molecule has 2 amide bonds. The number of anilines is 1. The van der Waals surface area contributed by atoms with Crippen LogP contribution >= 0.6 is 0 Å². The Morgan fingerprint density at radius 2 is 1.69 bits per heavy atom. The SMILES string of the molecule is CCC(F)(F)c1cccc(NC(=O)/C(NO)=C(\C)NC(=O)c2cccc(-c3c(C)ncnc3C)c2)c1. The first-order chi connectivity index (χ1) is 17.1. The summed E-state index contributed by atoms with van der Waals surface area (Å²) in [5.41, 5.74) is 4.71. The van der Waals surface area contributed by atoms with Crippen LogP contribution in [0, 0.1) is 13.8 Å². The maximum Gasteiger partial charge on any atom is 0.275 e. The molecule has 3 aromatic rings. The van der Waals surface area contributed by atoms with Gasteiger partial charge < -0.3 is 10.6 Å². The van der Waals surface area contributed by atoms with E-state index in [9.17, 15) is 23.6 Å². The van der Waals surface area contributed by atoms with Crippen molar-refractivity contribution in [3.05, 3.63) is 88.8 Å².